The molecule has 1 aromatic heterocycles. The summed E-state index contributed by atoms with van der Waals surface area (Å²) in [6, 6.07) is 9.59. The van der Waals surface area contributed by atoms with E-state index < -0.39 is 5.69 Å². The van der Waals surface area contributed by atoms with Gasteiger partial charge in [-0.3, -0.25) is 9.36 Å². The molecule has 1 amide bonds. The van der Waals surface area contributed by atoms with Crippen LogP contribution in [0.1, 0.15) is 37.3 Å². The molecule has 0 aliphatic carbocycles. The van der Waals surface area contributed by atoms with E-state index in [-0.39, 0.29) is 18.5 Å². The number of carbonyl (C=O) groups is 1. The highest BCUT2D eigenvalue weighted by molar-refractivity contribution is 5.76. The van der Waals surface area contributed by atoms with Gasteiger partial charge in [0, 0.05) is 18.9 Å². The molecule has 0 spiro atoms. The fraction of sp³-hybridized carbons (Fsp3) is 0.421. The third kappa shape index (κ3) is 4.07. The van der Waals surface area contributed by atoms with Crippen LogP contribution < -0.4 is 10.4 Å². The average Bonchev–Trinajstić information content (AvgIpc) is 2.90. The molecule has 1 atom stereocenters. The predicted octanol–water partition coefficient (Wildman–Crippen LogP) is 2.40. The SMILES string of the molecule is COc1ccc(C2CCCCCN2C(=O)Cn2cccnc2=O)cc1. The van der Waals surface area contributed by atoms with E-state index >= 15 is 0 Å². The molecule has 1 aromatic carbocycles. The Morgan fingerprint density at radius 1 is 1.24 bits per heavy atom. The van der Waals surface area contributed by atoms with E-state index in [1.807, 2.05) is 29.2 Å². The molecule has 1 aliphatic heterocycles. The van der Waals surface area contributed by atoms with Gasteiger partial charge in [-0.05, 0) is 36.6 Å². The van der Waals surface area contributed by atoms with Crippen LogP contribution in [0.5, 0.6) is 5.75 Å². The molecule has 0 radical (unpaired) electrons. The summed E-state index contributed by atoms with van der Waals surface area (Å²) in [5, 5.41) is 0. The zero-order valence-corrected chi connectivity index (χ0v) is 14.4. The van der Waals surface area contributed by atoms with E-state index in [1.54, 1.807) is 19.4 Å². The van der Waals surface area contributed by atoms with Gasteiger partial charge in [-0.1, -0.05) is 25.0 Å². The second-order valence-electron chi connectivity index (χ2n) is 6.26. The topological polar surface area (TPSA) is 64.4 Å². The van der Waals surface area contributed by atoms with Crippen LogP contribution in [0.25, 0.3) is 0 Å². The van der Waals surface area contributed by atoms with Gasteiger partial charge in [0.15, 0.2) is 0 Å². The van der Waals surface area contributed by atoms with Crippen LogP contribution in [0.3, 0.4) is 0 Å². The van der Waals surface area contributed by atoms with Crippen molar-refractivity contribution >= 4 is 5.91 Å². The molecular formula is C19H23N3O3. The molecule has 1 unspecified atom stereocenters. The maximum absolute atomic E-state index is 12.9. The number of nitrogens with zero attached hydrogens (tertiary/aromatic N) is 3. The van der Waals surface area contributed by atoms with Crippen LogP contribution in [-0.4, -0.2) is 34.0 Å². The van der Waals surface area contributed by atoms with Crippen molar-refractivity contribution in [1.82, 2.24) is 14.5 Å². The number of methoxy groups -OCH3 is 1. The molecule has 1 aliphatic rings. The normalized spacial score (nSPS) is 17.8. The van der Waals surface area contributed by atoms with Gasteiger partial charge in [-0.2, -0.15) is 0 Å². The van der Waals surface area contributed by atoms with Crippen LogP contribution in [0, 0.1) is 0 Å². The molecule has 0 saturated carbocycles. The highest BCUT2D eigenvalue weighted by Crippen LogP contribution is 2.31. The molecule has 6 nitrogen and oxygen atoms in total. The molecule has 0 bridgehead atoms. The second-order valence-corrected chi connectivity index (χ2v) is 6.26. The quantitative estimate of drug-likeness (QED) is 0.856. The Kier molecular flexibility index (Phi) is 5.48. The Balaban J connectivity index is 1.83. The van der Waals surface area contributed by atoms with E-state index in [2.05, 4.69) is 4.98 Å². The van der Waals surface area contributed by atoms with E-state index in [1.165, 1.54) is 10.8 Å². The van der Waals surface area contributed by atoms with E-state index in [4.69, 9.17) is 4.74 Å². The van der Waals surface area contributed by atoms with Crippen LogP contribution >= 0.6 is 0 Å². The fourth-order valence-corrected chi connectivity index (χ4v) is 3.32. The van der Waals surface area contributed by atoms with E-state index in [0.29, 0.717) is 6.54 Å². The average molecular weight is 341 g/mol. The molecule has 25 heavy (non-hydrogen) atoms. The Morgan fingerprint density at radius 2 is 2.04 bits per heavy atom. The first-order valence-corrected chi connectivity index (χ1v) is 8.64. The summed E-state index contributed by atoms with van der Waals surface area (Å²) in [6.07, 6.45) is 7.17. The molecule has 6 heteroatoms. The highest BCUT2D eigenvalue weighted by atomic mass is 16.5. The number of likely N-dealkylation sites (tertiary alicyclic amines) is 1. The van der Waals surface area contributed by atoms with E-state index in [0.717, 1.165) is 37.0 Å². The summed E-state index contributed by atoms with van der Waals surface area (Å²) in [4.78, 5) is 30.3. The lowest BCUT2D eigenvalue weighted by molar-refractivity contribution is -0.134. The predicted molar refractivity (Wildman–Crippen MR) is 94.4 cm³/mol. The third-order valence-electron chi connectivity index (χ3n) is 4.66. The van der Waals surface area contributed by atoms with Gasteiger partial charge in [0.05, 0.1) is 13.2 Å². The van der Waals surface area contributed by atoms with Gasteiger partial charge in [0.25, 0.3) is 0 Å². The number of hydrogen-bond acceptors (Lipinski definition) is 4. The molecule has 1 saturated heterocycles. The maximum Gasteiger partial charge on any atom is 0.347 e. The van der Waals surface area contributed by atoms with Crippen molar-refractivity contribution in [2.75, 3.05) is 13.7 Å². The number of carbonyl (C=O) groups excluding carboxylic acids is 1. The van der Waals surface area contributed by atoms with Gasteiger partial charge < -0.3 is 9.64 Å². The molecule has 3 rings (SSSR count). The van der Waals surface area contributed by atoms with Gasteiger partial charge in [-0.15, -0.1) is 0 Å². The number of amides is 1. The van der Waals surface area contributed by atoms with Gasteiger partial charge in [0.1, 0.15) is 12.3 Å². The van der Waals surface area contributed by atoms with Crippen LogP contribution in [0.4, 0.5) is 0 Å². The summed E-state index contributed by atoms with van der Waals surface area (Å²) in [6.45, 7) is 0.740. The molecule has 2 aromatic rings. The van der Waals surface area contributed by atoms with Crippen LogP contribution in [0.15, 0.2) is 47.5 Å². The number of ether oxygens (including phenoxy) is 1. The number of hydrogen-bond donors (Lipinski definition) is 0. The zero-order chi connectivity index (χ0) is 17.6. The summed E-state index contributed by atoms with van der Waals surface area (Å²) in [7, 11) is 1.64. The summed E-state index contributed by atoms with van der Waals surface area (Å²) < 4.78 is 6.58. The third-order valence-corrected chi connectivity index (χ3v) is 4.66. The van der Waals surface area contributed by atoms with Crippen LogP contribution in [-0.2, 0) is 11.3 Å². The summed E-state index contributed by atoms with van der Waals surface area (Å²) in [5.74, 6) is 0.759. The smallest absolute Gasteiger partial charge is 0.347 e. The van der Waals surface area contributed by atoms with Gasteiger partial charge in [0.2, 0.25) is 5.91 Å². The minimum atomic E-state index is -0.397. The minimum absolute atomic E-state index is 0.0271. The first-order chi connectivity index (χ1) is 12.2. The van der Waals surface area contributed by atoms with Crippen molar-refractivity contribution in [1.29, 1.82) is 0 Å². The largest absolute Gasteiger partial charge is 0.497 e. The monoisotopic (exact) mass is 341 g/mol. The Bertz CT molecular complexity index is 770. The second kappa shape index (κ2) is 7.96. The molecule has 0 N–H and O–H groups in total. The van der Waals surface area contributed by atoms with Crippen molar-refractivity contribution in [2.45, 2.75) is 38.3 Å². The van der Waals surface area contributed by atoms with Gasteiger partial charge in [-0.25, -0.2) is 9.78 Å². The van der Waals surface area contributed by atoms with Crippen molar-refractivity contribution in [3.63, 3.8) is 0 Å². The van der Waals surface area contributed by atoms with Crippen molar-refractivity contribution in [3.05, 3.63) is 58.8 Å². The van der Waals surface area contributed by atoms with E-state index in [9.17, 15) is 9.59 Å². The van der Waals surface area contributed by atoms with Gasteiger partial charge >= 0.3 is 5.69 Å². The highest BCUT2D eigenvalue weighted by Gasteiger charge is 2.27. The number of aromatic nitrogens is 2. The first kappa shape index (κ1) is 17.2. The minimum Gasteiger partial charge on any atom is -0.497 e. The van der Waals surface area contributed by atoms with Crippen molar-refractivity contribution in [2.24, 2.45) is 0 Å². The Morgan fingerprint density at radius 3 is 2.76 bits per heavy atom. The maximum atomic E-state index is 12.9. The van der Waals surface area contributed by atoms with Crippen molar-refractivity contribution in [3.8, 4) is 5.75 Å². The lowest BCUT2D eigenvalue weighted by atomic mass is 10.0. The van der Waals surface area contributed by atoms with Crippen LogP contribution in [0.2, 0.25) is 0 Å². The Labute approximate surface area is 147 Å². The zero-order valence-electron chi connectivity index (χ0n) is 14.4. The first-order valence-electron chi connectivity index (χ1n) is 8.64. The molecule has 1 fully saturated rings. The molecule has 132 valence electrons. The molecule has 2 heterocycles. The fourth-order valence-electron chi connectivity index (χ4n) is 3.32. The summed E-state index contributed by atoms with van der Waals surface area (Å²) in [5.41, 5.74) is 0.709. The molecular weight excluding hydrogens is 318 g/mol. The number of rotatable bonds is 4. The Hall–Kier alpha value is -2.63. The lowest BCUT2D eigenvalue weighted by Crippen LogP contribution is -2.39. The van der Waals surface area contributed by atoms with Crippen molar-refractivity contribution < 1.29 is 9.53 Å². The summed E-state index contributed by atoms with van der Waals surface area (Å²) >= 11 is 0. The number of benzene rings is 1. The standard InChI is InChI=1S/C19H23N3O3/c1-25-16-9-7-15(8-10-16)17-6-3-2-4-13-22(17)18(23)14-21-12-5-11-20-19(21)24/h5,7-12,17H,2-4,6,13-14H2,1H3. The lowest BCUT2D eigenvalue weighted by Gasteiger charge is -2.31.